The minimum Gasteiger partial charge on any atom is -0.456 e. The van der Waals surface area contributed by atoms with Crippen molar-refractivity contribution in [3.63, 3.8) is 0 Å². The van der Waals surface area contributed by atoms with E-state index in [0.29, 0.717) is 0 Å². The number of fused-ring (bicyclic) bond motifs is 6. The van der Waals surface area contributed by atoms with Crippen molar-refractivity contribution >= 4 is 32.7 Å². The zero-order chi connectivity index (χ0) is 26.9. The molecule has 41 heavy (non-hydrogen) atoms. The largest absolute Gasteiger partial charge is 0.456 e. The molecule has 0 saturated heterocycles. The second kappa shape index (κ2) is 8.55. The van der Waals surface area contributed by atoms with Crippen LogP contribution in [0, 0.1) is 0 Å². The van der Waals surface area contributed by atoms with Crippen LogP contribution in [0.4, 0.5) is 0 Å². The Morgan fingerprint density at radius 3 is 1.63 bits per heavy atom. The second-order valence-corrected chi connectivity index (χ2v) is 10.9. The Kier molecular flexibility index (Phi) is 4.67. The van der Waals surface area contributed by atoms with Crippen molar-refractivity contribution in [2.45, 2.75) is 0 Å². The van der Waals surface area contributed by atoms with Gasteiger partial charge < -0.3 is 4.42 Å². The first-order valence-electron chi connectivity index (χ1n) is 14.1. The van der Waals surface area contributed by atoms with E-state index in [4.69, 9.17) is 4.42 Å². The van der Waals surface area contributed by atoms with Crippen LogP contribution in [-0.4, -0.2) is 0 Å². The van der Waals surface area contributed by atoms with Gasteiger partial charge in [0.05, 0.1) is 0 Å². The highest BCUT2D eigenvalue weighted by atomic mass is 16.3. The molecule has 0 unspecified atom stereocenters. The molecule has 1 aliphatic rings. The van der Waals surface area contributed by atoms with Crippen molar-refractivity contribution < 1.29 is 4.42 Å². The van der Waals surface area contributed by atoms with Crippen LogP contribution in [0.2, 0.25) is 0 Å². The Balaban J connectivity index is 1.17. The topological polar surface area (TPSA) is 13.1 Å². The van der Waals surface area contributed by atoms with Crippen molar-refractivity contribution in [3.05, 3.63) is 146 Å². The zero-order valence-corrected chi connectivity index (χ0v) is 22.3. The van der Waals surface area contributed by atoms with Crippen LogP contribution in [0.1, 0.15) is 0 Å². The van der Waals surface area contributed by atoms with Crippen molar-refractivity contribution in [1.82, 2.24) is 0 Å². The third kappa shape index (κ3) is 3.43. The number of benzene rings is 7. The molecule has 0 radical (unpaired) electrons. The fraction of sp³-hybridized carbons (Fsp3) is 0. The van der Waals surface area contributed by atoms with E-state index >= 15 is 0 Å². The third-order valence-corrected chi connectivity index (χ3v) is 8.59. The molecule has 1 aromatic heterocycles. The van der Waals surface area contributed by atoms with Crippen LogP contribution in [0.15, 0.2) is 150 Å². The molecule has 7 aromatic carbocycles. The van der Waals surface area contributed by atoms with Gasteiger partial charge in [-0.25, -0.2) is 0 Å². The molecule has 0 aliphatic heterocycles. The summed E-state index contributed by atoms with van der Waals surface area (Å²) in [5, 5.41) is 4.94. The summed E-state index contributed by atoms with van der Waals surface area (Å²) >= 11 is 0. The molecule has 0 N–H and O–H groups in total. The maximum atomic E-state index is 6.23. The van der Waals surface area contributed by atoms with Gasteiger partial charge in [-0.2, -0.15) is 0 Å². The van der Waals surface area contributed by atoms with Crippen LogP contribution >= 0.6 is 0 Å². The highest BCUT2D eigenvalue weighted by molar-refractivity contribution is 6.16. The first kappa shape index (κ1) is 22.4. The average molecular weight is 521 g/mol. The minimum atomic E-state index is 0.914. The standard InChI is InChI=1S/C40H24O/c1-2-8-25(9-3-1)28-16-18-38-35(22-28)36-23-29(17-19-39(36)41-38)26-10-6-11-27(20-26)31-21-30-12-7-15-34-32-13-4-5-14-33(32)37(24-31)40(30)34/h1-24H. The minimum absolute atomic E-state index is 0.914. The summed E-state index contributed by atoms with van der Waals surface area (Å²) in [6.07, 6.45) is 0. The predicted octanol–water partition coefficient (Wildman–Crippen LogP) is 11.4. The molecule has 0 fully saturated rings. The number of rotatable bonds is 3. The Hall–Kier alpha value is -5.40. The van der Waals surface area contributed by atoms with Gasteiger partial charge >= 0.3 is 0 Å². The fourth-order valence-corrected chi connectivity index (χ4v) is 6.63. The van der Waals surface area contributed by atoms with E-state index in [2.05, 4.69) is 146 Å². The third-order valence-electron chi connectivity index (χ3n) is 8.59. The molecule has 1 heteroatoms. The molecule has 0 amide bonds. The van der Waals surface area contributed by atoms with E-state index < -0.39 is 0 Å². The quantitative estimate of drug-likeness (QED) is 0.226. The maximum Gasteiger partial charge on any atom is 0.135 e. The lowest BCUT2D eigenvalue weighted by molar-refractivity contribution is 0.669. The van der Waals surface area contributed by atoms with Gasteiger partial charge in [0.2, 0.25) is 0 Å². The van der Waals surface area contributed by atoms with Crippen LogP contribution in [0.25, 0.3) is 88.3 Å². The smallest absolute Gasteiger partial charge is 0.135 e. The molecule has 1 nitrogen and oxygen atoms in total. The molecule has 9 rings (SSSR count). The van der Waals surface area contributed by atoms with Gasteiger partial charge in [-0.1, -0.05) is 103 Å². The second-order valence-electron chi connectivity index (χ2n) is 10.9. The highest BCUT2D eigenvalue weighted by Gasteiger charge is 2.21. The fourth-order valence-electron chi connectivity index (χ4n) is 6.63. The summed E-state index contributed by atoms with van der Waals surface area (Å²) in [6, 6.07) is 52.6. The van der Waals surface area contributed by atoms with E-state index in [1.54, 1.807) is 0 Å². The SMILES string of the molecule is c1ccc(-c2ccc3oc4ccc(-c5cccc(-c6cc7c8c(cccc8c6)-c6ccccc6-7)c5)cc4c3c2)cc1. The molecule has 1 heterocycles. The molecule has 1 aliphatic carbocycles. The Morgan fingerprint density at radius 2 is 0.878 bits per heavy atom. The lowest BCUT2D eigenvalue weighted by atomic mass is 9.94. The summed E-state index contributed by atoms with van der Waals surface area (Å²) in [7, 11) is 0. The first-order chi connectivity index (χ1) is 20.3. The highest BCUT2D eigenvalue weighted by Crippen LogP contribution is 2.48. The van der Waals surface area contributed by atoms with Crippen LogP contribution < -0.4 is 0 Å². The van der Waals surface area contributed by atoms with Gasteiger partial charge in [-0.15, -0.1) is 0 Å². The van der Waals surface area contributed by atoms with E-state index in [-0.39, 0.29) is 0 Å². The summed E-state index contributed by atoms with van der Waals surface area (Å²) in [4.78, 5) is 0. The predicted molar refractivity (Wildman–Crippen MR) is 172 cm³/mol. The average Bonchev–Trinajstić information content (AvgIpc) is 3.57. The van der Waals surface area contributed by atoms with E-state index in [0.717, 1.165) is 21.9 Å². The van der Waals surface area contributed by atoms with Crippen LogP contribution in [0.5, 0.6) is 0 Å². The van der Waals surface area contributed by atoms with Gasteiger partial charge in [0.15, 0.2) is 0 Å². The Labute approximate surface area is 237 Å². The van der Waals surface area contributed by atoms with Crippen molar-refractivity contribution in [1.29, 1.82) is 0 Å². The molecule has 190 valence electrons. The molecule has 0 bridgehead atoms. The van der Waals surface area contributed by atoms with Gasteiger partial charge in [0.1, 0.15) is 11.2 Å². The maximum absolute atomic E-state index is 6.23. The summed E-state index contributed by atoms with van der Waals surface area (Å²) in [5.74, 6) is 0. The molecule has 0 spiro atoms. The van der Waals surface area contributed by atoms with Gasteiger partial charge in [-0.3, -0.25) is 0 Å². The Bertz CT molecular complexity index is 2300. The molecule has 8 aromatic rings. The first-order valence-corrected chi connectivity index (χ1v) is 14.1. The van der Waals surface area contributed by atoms with Gasteiger partial charge in [-0.05, 0) is 109 Å². The lowest BCUT2D eigenvalue weighted by Crippen LogP contribution is -1.84. The van der Waals surface area contributed by atoms with Crippen LogP contribution in [0.3, 0.4) is 0 Å². The summed E-state index contributed by atoms with van der Waals surface area (Å²) < 4.78 is 6.23. The number of furan rings is 1. The van der Waals surface area contributed by atoms with E-state index in [9.17, 15) is 0 Å². The van der Waals surface area contributed by atoms with E-state index in [1.165, 1.54) is 66.4 Å². The monoisotopic (exact) mass is 520 g/mol. The normalized spacial score (nSPS) is 11.9. The summed E-state index contributed by atoms with van der Waals surface area (Å²) in [6.45, 7) is 0. The molecular formula is C40H24O. The van der Waals surface area contributed by atoms with Crippen molar-refractivity contribution in [2.24, 2.45) is 0 Å². The zero-order valence-electron chi connectivity index (χ0n) is 22.3. The van der Waals surface area contributed by atoms with Crippen LogP contribution in [-0.2, 0) is 0 Å². The number of hydrogen-bond acceptors (Lipinski definition) is 1. The van der Waals surface area contributed by atoms with E-state index in [1.807, 2.05) is 0 Å². The van der Waals surface area contributed by atoms with Gasteiger partial charge in [0, 0.05) is 10.8 Å². The molecule has 0 saturated carbocycles. The number of hydrogen-bond donors (Lipinski definition) is 0. The lowest BCUT2D eigenvalue weighted by Gasteiger charge is -2.10. The van der Waals surface area contributed by atoms with Crippen molar-refractivity contribution in [3.8, 4) is 55.6 Å². The molecule has 0 atom stereocenters. The summed E-state index contributed by atoms with van der Waals surface area (Å²) in [5.41, 5.74) is 14.4. The molecular weight excluding hydrogens is 496 g/mol. The van der Waals surface area contributed by atoms with Crippen molar-refractivity contribution in [2.75, 3.05) is 0 Å². The van der Waals surface area contributed by atoms with Gasteiger partial charge in [0.25, 0.3) is 0 Å². The Morgan fingerprint density at radius 1 is 0.317 bits per heavy atom.